The number of hydrogen-bond donors (Lipinski definition) is 1. The van der Waals surface area contributed by atoms with Gasteiger partial charge in [0.05, 0.1) is 0 Å². The van der Waals surface area contributed by atoms with Crippen LogP contribution in [0.5, 0.6) is 0 Å². The summed E-state index contributed by atoms with van der Waals surface area (Å²) >= 11 is 0. The van der Waals surface area contributed by atoms with Crippen LogP contribution in [-0.4, -0.2) is 12.5 Å². The highest BCUT2D eigenvalue weighted by atomic mass is 16.2. The minimum absolute atomic E-state index is 0.147. The zero-order valence-corrected chi connectivity index (χ0v) is 13.4. The first-order chi connectivity index (χ1) is 9.25. The third-order valence-corrected chi connectivity index (χ3v) is 3.91. The molecular weight excluding hydrogens is 248 g/mol. The molecule has 1 atom stereocenters. The van der Waals surface area contributed by atoms with Crippen molar-refractivity contribution in [2.45, 2.75) is 47.5 Å². The van der Waals surface area contributed by atoms with Crippen molar-refractivity contribution < 1.29 is 4.79 Å². The molecule has 0 spiro atoms. The maximum absolute atomic E-state index is 12.6. The summed E-state index contributed by atoms with van der Waals surface area (Å²) in [6, 6.07) is 7.53. The first-order valence-corrected chi connectivity index (χ1v) is 7.41. The lowest BCUT2D eigenvalue weighted by molar-refractivity contribution is -0.120. The van der Waals surface area contributed by atoms with E-state index in [0.29, 0.717) is 12.3 Å². The molecule has 0 saturated heterocycles. The van der Waals surface area contributed by atoms with E-state index in [9.17, 15) is 4.79 Å². The molecule has 2 N–H and O–H groups in total. The molecule has 1 aromatic rings. The second kappa shape index (κ2) is 6.78. The number of nitrogens with two attached hydrogens (primary N) is 1. The lowest BCUT2D eigenvalue weighted by Crippen LogP contribution is -2.34. The number of nitrogen functional groups attached to an aromatic ring is 1. The zero-order chi connectivity index (χ0) is 15.3. The van der Waals surface area contributed by atoms with Gasteiger partial charge in [-0.25, -0.2) is 0 Å². The molecule has 20 heavy (non-hydrogen) atoms. The molecule has 1 amide bonds. The monoisotopic (exact) mass is 276 g/mol. The van der Waals surface area contributed by atoms with Gasteiger partial charge in [-0.1, -0.05) is 34.6 Å². The molecule has 112 valence electrons. The quantitative estimate of drug-likeness (QED) is 0.823. The van der Waals surface area contributed by atoms with Crippen molar-refractivity contribution in [2.75, 3.05) is 17.2 Å². The molecule has 3 nitrogen and oxygen atoms in total. The number of rotatable bonds is 5. The van der Waals surface area contributed by atoms with E-state index in [4.69, 9.17) is 5.73 Å². The second-order valence-electron chi connectivity index (χ2n) is 6.61. The SMILES string of the molecule is CCCN(C(=O)CC(C)C(C)(C)C)c1ccc(N)cc1. The Hall–Kier alpha value is -1.51. The summed E-state index contributed by atoms with van der Waals surface area (Å²) in [5.41, 5.74) is 7.52. The summed E-state index contributed by atoms with van der Waals surface area (Å²) in [5, 5.41) is 0. The average molecular weight is 276 g/mol. The summed E-state index contributed by atoms with van der Waals surface area (Å²) in [6.45, 7) is 11.5. The number of anilines is 2. The summed E-state index contributed by atoms with van der Waals surface area (Å²) in [7, 11) is 0. The summed E-state index contributed by atoms with van der Waals surface area (Å²) in [6.07, 6.45) is 1.52. The van der Waals surface area contributed by atoms with Crippen LogP contribution in [0.25, 0.3) is 0 Å². The van der Waals surface area contributed by atoms with Crippen LogP contribution in [0.2, 0.25) is 0 Å². The highest BCUT2D eigenvalue weighted by molar-refractivity contribution is 5.93. The first kappa shape index (κ1) is 16.5. The highest BCUT2D eigenvalue weighted by Gasteiger charge is 2.25. The van der Waals surface area contributed by atoms with Crippen LogP contribution >= 0.6 is 0 Å². The van der Waals surface area contributed by atoms with Crippen molar-refractivity contribution in [2.24, 2.45) is 11.3 Å². The highest BCUT2D eigenvalue weighted by Crippen LogP contribution is 2.29. The molecule has 3 heteroatoms. The predicted molar refractivity (Wildman–Crippen MR) is 86.7 cm³/mol. The molecule has 0 bridgehead atoms. The Kier molecular flexibility index (Phi) is 5.61. The number of carbonyl (C=O) groups excluding carboxylic acids is 1. The fourth-order valence-corrected chi connectivity index (χ4v) is 1.95. The van der Waals surface area contributed by atoms with E-state index in [1.165, 1.54) is 0 Å². The number of amides is 1. The lowest BCUT2D eigenvalue weighted by Gasteiger charge is -2.30. The summed E-state index contributed by atoms with van der Waals surface area (Å²) in [4.78, 5) is 14.4. The van der Waals surface area contributed by atoms with E-state index in [-0.39, 0.29) is 11.3 Å². The van der Waals surface area contributed by atoms with E-state index in [0.717, 1.165) is 24.3 Å². The summed E-state index contributed by atoms with van der Waals surface area (Å²) in [5.74, 6) is 0.544. The number of carbonyl (C=O) groups is 1. The van der Waals surface area contributed by atoms with Crippen LogP contribution in [0.1, 0.15) is 47.5 Å². The van der Waals surface area contributed by atoms with E-state index in [1.807, 2.05) is 29.2 Å². The minimum atomic E-state index is 0.147. The van der Waals surface area contributed by atoms with Crippen molar-refractivity contribution in [1.29, 1.82) is 0 Å². The smallest absolute Gasteiger partial charge is 0.227 e. The Morgan fingerprint density at radius 1 is 1.25 bits per heavy atom. The van der Waals surface area contributed by atoms with Gasteiger partial charge in [0.2, 0.25) is 5.91 Å². The average Bonchev–Trinajstić information content (AvgIpc) is 2.36. The zero-order valence-electron chi connectivity index (χ0n) is 13.4. The fraction of sp³-hybridized carbons (Fsp3) is 0.588. The van der Waals surface area contributed by atoms with Crippen LogP contribution in [0.4, 0.5) is 11.4 Å². The van der Waals surface area contributed by atoms with Crippen molar-refractivity contribution >= 4 is 17.3 Å². The number of hydrogen-bond acceptors (Lipinski definition) is 2. The Bertz CT molecular complexity index is 431. The van der Waals surface area contributed by atoms with Gasteiger partial charge in [0.25, 0.3) is 0 Å². The van der Waals surface area contributed by atoms with Gasteiger partial charge in [-0.3, -0.25) is 4.79 Å². The third-order valence-electron chi connectivity index (χ3n) is 3.91. The molecule has 0 aliphatic carbocycles. The maximum atomic E-state index is 12.6. The van der Waals surface area contributed by atoms with Crippen molar-refractivity contribution in [3.05, 3.63) is 24.3 Å². The molecule has 0 radical (unpaired) electrons. The van der Waals surface area contributed by atoms with Crippen LogP contribution in [0.3, 0.4) is 0 Å². The molecule has 0 aliphatic heterocycles. The van der Waals surface area contributed by atoms with Gasteiger partial charge in [0, 0.05) is 24.3 Å². The molecular formula is C17H28N2O. The Labute approximate surface area is 123 Å². The van der Waals surface area contributed by atoms with Crippen molar-refractivity contribution in [3.8, 4) is 0 Å². The molecule has 1 rings (SSSR count). The van der Waals surface area contributed by atoms with Gasteiger partial charge in [-0.15, -0.1) is 0 Å². The maximum Gasteiger partial charge on any atom is 0.227 e. The normalized spacial score (nSPS) is 13.1. The molecule has 0 fully saturated rings. The number of nitrogens with zero attached hydrogens (tertiary/aromatic N) is 1. The Morgan fingerprint density at radius 2 is 1.80 bits per heavy atom. The van der Waals surface area contributed by atoms with Crippen LogP contribution in [0, 0.1) is 11.3 Å². The largest absolute Gasteiger partial charge is 0.399 e. The first-order valence-electron chi connectivity index (χ1n) is 7.41. The molecule has 1 aromatic carbocycles. The molecule has 0 heterocycles. The van der Waals surface area contributed by atoms with E-state index in [2.05, 4.69) is 34.6 Å². The molecule has 0 saturated carbocycles. The van der Waals surface area contributed by atoms with Crippen LogP contribution < -0.4 is 10.6 Å². The van der Waals surface area contributed by atoms with Gasteiger partial charge in [-0.2, -0.15) is 0 Å². The van der Waals surface area contributed by atoms with E-state index in [1.54, 1.807) is 0 Å². The van der Waals surface area contributed by atoms with Gasteiger partial charge < -0.3 is 10.6 Å². The third kappa shape index (κ3) is 4.55. The predicted octanol–water partition coefficient (Wildman–Crippen LogP) is 4.08. The fourth-order valence-electron chi connectivity index (χ4n) is 1.95. The van der Waals surface area contributed by atoms with E-state index < -0.39 is 0 Å². The number of benzene rings is 1. The molecule has 1 unspecified atom stereocenters. The standard InChI is InChI=1S/C17H28N2O/c1-6-11-19(15-9-7-14(18)8-10-15)16(20)12-13(2)17(3,4)5/h7-10,13H,6,11-12,18H2,1-5H3. The summed E-state index contributed by atoms with van der Waals surface area (Å²) < 4.78 is 0. The second-order valence-corrected chi connectivity index (χ2v) is 6.61. The Balaban J connectivity index is 2.85. The lowest BCUT2D eigenvalue weighted by atomic mass is 9.80. The topological polar surface area (TPSA) is 46.3 Å². The van der Waals surface area contributed by atoms with Crippen molar-refractivity contribution in [1.82, 2.24) is 0 Å². The Morgan fingerprint density at radius 3 is 2.25 bits per heavy atom. The van der Waals surface area contributed by atoms with Crippen molar-refractivity contribution in [3.63, 3.8) is 0 Å². The van der Waals surface area contributed by atoms with Crippen LogP contribution in [0.15, 0.2) is 24.3 Å². The molecule has 0 aliphatic rings. The molecule has 0 aromatic heterocycles. The van der Waals surface area contributed by atoms with Gasteiger partial charge in [-0.05, 0) is 42.0 Å². The van der Waals surface area contributed by atoms with Crippen LogP contribution in [-0.2, 0) is 4.79 Å². The van der Waals surface area contributed by atoms with E-state index >= 15 is 0 Å². The minimum Gasteiger partial charge on any atom is -0.399 e. The van der Waals surface area contributed by atoms with Gasteiger partial charge in [0.1, 0.15) is 0 Å². The van der Waals surface area contributed by atoms with Gasteiger partial charge >= 0.3 is 0 Å². The van der Waals surface area contributed by atoms with Gasteiger partial charge in [0.15, 0.2) is 0 Å².